The van der Waals surface area contributed by atoms with Crippen molar-refractivity contribution in [1.29, 1.82) is 0 Å². The minimum Gasteiger partial charge on any atom is -0.497 e. The molecule has 0 aliphatic carbocycles. The van der Waals surface area contributed by atoms with Crippen molar-refractivity contribution in [1.82, 2.24) is 0 Å². The van der Waals surface area contributed by atoms with Crippen LogP contribution in [0.4, 0.5) is 5.69 Å². The van der Waals surface area contributed by atoms with Crippen LogP contribution < -0.4 is 9.64 Å². The number of methoxy groups -OCH3 is 1. The molecule has 1 heterocycles. The van der Waals surface area contributed by atoms with E-state index in [-0.39, 0.29) is 5.91 Å². The van der Waals surface area contributed by atoms with Crippen molar-refractivity contribution in [2.45, 2.75) is 0 Å². The molecule has 1 aliphatic heterocycles. The summed E-state index contributed by atoms with van der Waals surface area (Å²) in [4.78, 5) is 19.5. The maximum Gasteiger partial charge on any atom is 0.282 e. The van der Waals surface area contributed by atoms with Crippen molar-refractivity contribution in [2.75, 3.05) is 12.0 Å². The Labute approximate surface area is 182 Å². The number of amidine groups is 1. The van der Waals surface area contributed by atoms with Crippen LogP contribution in [0.25, 0.3) is 6.08 Å². The molecule has 4 rings (SSSR count). The van der Waals surface area contributed by atoms with Crippen molar-refractivity contribution >= 4 is 51.0 Å². The maximum absolute atomic E-state index is 13.3. The van der Waals surface area contributed by atoms with Gasteiger partial charge in [0.25, 0.3) is 5.91 Å². The second kappa shape index (κ2) is 8.23. The lowest BCUT2D eigenvalue weighted by Gasteiger charge is -2.19. The predicted octanol–water partition coefficient (Wildman–Crippen LogP) is 5.95. The number of carbonyl (C=O) groups excluding carboxylic acids is 1. The highest BCUT2D eigenvalue weighted by atomic mass is 79.9. The highest BCUT2D eigenvalue weighted by Crippen LogP contribution is 2.31. The first-order valence-electron chi connectivity index (χ1n) is 8.86. The Bertz CT molecular complexity index is 1120. The number of nitrogens with zero attached hydrogens (tertiary/aromatic N) is 2. The molecule has 0 unspecified atom stereocenters. The van der Waals surface area contributed by atoms with Crippen LogP contribution in [0.15, 0.2) is 88.0 Å². The molecule has 0 N–H and O–H groups in total. The monoisotopic (exact) mass is 466 g/mol. The van der Waals surface area contributed by atoms with Crippen molar-refractivity contribution < 1.29 is 9.53 Å². The highest BCUT2D eigenvalue weighted by molar-refractivity contribution is 9.10. The van der Waals surface area contributed by atoms with E-state index in [0.29, 0.717) is 33.6 Å². The summed E-state index contributed by atoms with van der Waals surface area (Å²) in [7, 11) is 1.60. The zero-order valence-electron chi connectivity index (χ0n) is 15.5. The Morgan fingerprint density at radius 3 is 2.34 bits per heavy atom. The Hall–Kier alpha value is -2.89. The van der Waals surface area contributed by atoms with E-state index in [1.54, 1.807) is 24.2 Å². The number of anilines is 1. The largest absolute Gasteiger partial charge is 0.497 e. The van der Waals surface area contributed by atoms with E-state index >= 15 is 0 Å². The lowest BCUT2D eigenvalue weighted by Crippen LogP contribution is -2.32. The van der Waals surface area contributed by atoms with Gasteiger partial charge in [0.1, 0.15) is 17.3 Å². The van der Waals surface area contributed by atoms with Gasteiger partial charge >= 0.3 is 0 Å². The maximum atomic E-state index is 13.3. The summed E-state index contributed by atoms with van der Waals surface area (Å²) in [5.41, 5.74) is 2.61. The molecule has 3 aromatic carbocycles. The molecule has 0 fully saturated rings. The Kier molecular flexibility index (Phi) is 5.51. The zero-order valence-corrected chi connectivity index (χ0v) is 17.8. The predicted molar refractivity (Wildman–Crippen MR) is 121 cm³/mol. The molecule has 3 aromatic rings. The fraction of sp³-hybridized carbons (Fsp3) is 0.0435. The van der Waals surface area contributed by atoms with Gasteiger partial charge in [0, 0.05) is 10.0 Å². The number of hydrogen-bond acceptors (Lipinski definition) is 3. The first-order chi connectivity index (χ1) is 14.1. The van der Waals surface area contributed by atoms with E-state index in [4.69, 9.17) is 16.3 Å². The third-order valence-corrected chi connectivity index (χ3v) is 5.34. The van der Waals surface area contributed by atoms with Gasteiger partial charge in [-0.05, 0) is 60.2 Å². The van der Waals surface area contributed by atoms with Crippen LogP contribution in [0.3, 0.4) is 0 Å². The number of carbonyl (C=O) groups is 1. The average molecular weight is 468 g/mol. The van der Waals surface area contributed by atoms with Crippen LogP contribution in [-0.4, -0.2) is 18.9 Å². The molecule has 4 nitrogen and oxygen atoms in total. The van der Waals surface area contributed by atoms with Crippen molar-refractivity contribution in [3.05, 3.63) is 99.1 Å². The topological polar surface area (TPSA) is 41.9 Å². The lowest BCUT2D eigenvalue weighted by molar-refractivity contribution is -0.113. The van der Waals surface area contributed by atoms with Crippen molar-refractivity contribution in [3.8, 4) is 5.75 Å². The molecular formula is C23H16BrClN2O2. The third kappa shape index (κ3) is 3.97. The molecule has 1 aliphatic rings. The molecule has 0 atom stereocenters. The quantitative estimate of drug-likeness (QED) is 0.445. The normalized spacial score (nSPS) is 15.0. The number of aliphatic imine (C=N–C) groups is 1. The van der Waals surface area contributed by atoms with E-state index in [1.165, 1.54) is 0 Å². The molecule has 1 amide bonds. The number of halogens is 2. The number of ether oxygens (including phenoxy) is 1. The SMILES string of the molecule is COc1ccc(N2C(=O)/C(=C\c3ccc(Br)cc3)N=C2c2ccccc2Cl)cc1. The van der Waals surface area contributed by atoms with Gasteiger partial charge in [-0.15, -0.1) is 0 Å². The summed E-state index contributed by atoms with van der Waals surface area (Å²) in [5, 5.41) is 0.530. The van der Waals surface area contributed by atoms with E-state index in [9.17, 15) is 4.79 Å². The molecule has 0 saturated carbocycles. The van der Waals surface area contributed by atoms with Gasteiger partial charge in [0.05, 0.1) is 17.8 Å². The average Bonchev–Trinajstić information content (AvgIpc) is 3.06. The van der Waals surface area contributed by atoms with Crippen LogP contribution in [-0.2, 0) is 4.79 Å². The first-order valence-corrected chi connectivity index (χ1v) is 10.0. The van der Waals surface area contributed by atoms with Crippen LogP contribution >= 0.6 is 27.5 Å². The fourth-order valence-electron chi connectivity index (χ4n) is 3.03. The summed E-state index contributed by atoms with van der Waals surface area (Å²) in [6.07, 6.45) is 1.77. The molecule has 0 radical (unpaired) electrons. The second-order valence-electron chi connectivity index (χ2n) is 6.33. The number of rotatable bonds is 4. The molecule has 0 spiro atoms. The molecular weight excluding hydrogens is 452 g/mol. The molecule has 0 saturated heterocycles. The standard InChI is InChI=1S/C23H16BrClN2O2/c1-29-18-12-10-17(11-13-18)27-22(19-4-2-3-5-20(19)25)26-21(23(27)28)14-15-6-8-16(24)9-7-15/h2-14H,1H3/b21-14+. The summed E-state index contributed by atoms with van der Waals surface area (Å²) < 4.78 is 6.20. The van der Waals surface area contributed by atoms with Crippen LogP contribution in [0, 0.1) is 0 Å². The van der Waals surface area contributed by atoms with E-state index in [0.717, 1.165) is 10.0 Å². The molecule has 6 heteroatoms. The van der Waals surface area contributed by atoms with Gasteiger partial charge < -0.3 is 4.74 Å². The number of amides is 1. The van der Waals surface area contributed by atoms with Crippen LogP contribution in [0.5, 0.6) is 5.75 Å². The van der Waals surface area contributed by atoms with Crippen LogP contribution in [0.1, 0.15) is 11.1 Å². The summed E-state index contributed by atoms with van der Waals surface area (Å²) in [6, 6.07) is 22.3. The van der Waals surface area contributed by atoms with Gasteiger partial charge in [-0.25, -0.2) is 4.99 Å². The summed E-state index contributed by atoms with van der Waals surface area (Å²) in [5.74, 6) is 0.990. The molecule has 29 heavy (non-hydrogen) atoms. The van der Waals surface area contributed by atoms with Crippen molar-refractivity contribution in [2.24, 2.45) is 4.99 Å². The van der Waals surface area contributed by atoms with E-state index < -0.39 is 0 Å². The van der Waals surface area contributed by atoms with Gasteiger partial charge in [-0.1, -0.05) is 51.8 Å². The highest BCUT2D eigenvalue weighted by Gasteiger charge is 2.33. The number of benzene rings is 3. The Balaban J connectivity index is 1.82. The second-order valence-corrected chi connectivity index (χ2v) is 7.66. The third-order valence-electron chi connectivity index (χ3n) is 4.48. The Morgan fingerprint density at radius 2 is 1.69 bits per heavy atom. The minimum atomic E-state index is -0.215. The molecule has 144 valence electrons. The molecule has 0 bridgehead atoms. The van der Waals surface area contributed by atoms with Gasteiger partial charge in [0.2, 0.25) is 0 Å². The minimum absolute atomic E-state index is 0.215. The lowest BCUT2D eigenvalue weighted by atomic mass is 10.1. The number of hydrogen-bond donors (Lipinski definition) is 0. The van der Waals surface area contributed by atoms with Gasteiger partial charge in [-0.2, -0.15) is 0 Å². The summed E-state index contributed by atoms with van der Waals surface area (Å²) >= 11 is 9.84. The molecule has 0 aromatic heterocycles. The van der Waals surface area contributed by atoms with Crippen molar-refractivity contribution in [3.63, 3.8) is 0 Å². The zero-order chi connectivity index (χ0) is 20.4. The smallest absolute Gasteiger partial charge is 0.282 e. The first kappa shape index (κ1) is 19.4. The fourth-order valence-corrected chi connectivity index (χ4v) is 3.51. The van der Waals surface area contributed by atoms with Crippen LogP contribution in [0.2, 0.25) is 5.02 Å². The van der Waals surface area contributed by atoms with Gasteiger partial charge in [-0.3, -0.25) is 9.69 Å². The van der Waals surface area contributed by atoms with E-state index in [2.05, 4.69) is 20.9 Å². The van der Waals surface area contributed by atoms with E-state index in [1.807, 2.05) is 66.7 Å². The summed E-state index contributed by atoms with van der Waals surface area (Å²) in [6.45, 7) is 0. The Morgan fingerprint density at radius 1 is 1.00 bits per heavy atom. The van der Waals surface area contributed by atoms with Gasteiger partial charge in [0.15, 0.2) is 0 Å².